The molecule has 9 atom stereocenters. The SMILES string of the molecule is C=C(C)C1CCC2(CNC(=O)Nc3ccc(C(=O)OC)cc3)CCC3(C)C(CCC4C5(C)CC=C(c6ccc(C(O)O)cc6)C(C)(C)C5CCC43C)C12. The first-order valence-corrected chi connectivity index (χ1v) is 20.1. The van der Waals surface area contributed by atoms with E-state index >= 15 is 0 Å². The summed E-state index contributed by atoms with van der Waals surface area (Å²) in [6.45, 7) is 20.3. The first-order chi connectivity index (χ1) is 25.0. The van der Waals surface area contributed by atoms with Gasteiger partial charge in [0.2, 0.25) is 0 Å². The summed E-state index contributed by atoms with van der Waals surface area (Å²) < 4.78 is 4.81. The van der Waals surface area contributed by atoms with E-state index in [1.165, 1.54) is 55.9 Å². The molecule has 0 radical (unpaired) electrons. The van der Waals surface area contributed by atoms with Gasteiger partial charge in [0.1, 0.15) is 0 Å². The Bertz CT molecular complexity index is 1780. The molecule has 4 saturated carbocycles. The second-order valence-corrected chi connectivity index (χ2v) is 19.0. The number of carbonyl (C=O) groups is 2. The minimum Gasteiger partial charge on any atom is -0.465 e. The fraction of sp³-hybridized carbons (Fsp3) is 0.609. The summed E-state index contributed by atoms with van der Waals surface area (Å²) in [5.74, 6) is 2.35. The molecule has 9 unspecified atom stereocenters. The van der Waals surface area contributed by atoms with Crippen molar-refractivity contribution in [2.75, 3.05) is 19.0 Å². The number of esters is 1. The Morgan fingerprint density at radius 2 is 1.57 bits per heavy atom. The summed E-state index contributed by atoms with van der Waals surface area (Å²) in [4.78, 5) is 25.2. The van der Waals surface area contributed by atoms with Crippen LogP contribution in [-0.2, 0) is 4.74 Å². The Morgan fingerprint density at radius 3 is 2.21 bits per heavy atom. The second kappa shape index (κ2) is 13.4. The second-order valence-electron chi connectivity index (χ2n) is 19.0. The number of carbonyl (C=O) groups excluding carboxylic acids is 2. The third-order valence-electron chi connectivity index (χ3n) is 16.5. The molecule has 0 bridgehead atoms. The summed E-state index contributed by atoms with van der Waals surface area (Å²) in [5, 5.41) is 25.7. The van der Waals surface area contributed by atoms with Gasteiger partial charge in [0.05, 0.1) is 12.7 Å². The van der Waals surface area contributed by atoms with Gasteiger partial charge >= 0.3 is 12.0 Å². The summed E-state index contributed by atoms with van der Waals surface area (Å²) in [7, 11) is 1.36. The number of urea groups is 1. The minimum atomic E-state index is -1.45. The zero-order valence-corrected chi connectivity index (χ0v) is 33.1. The monoisotopic (exact) mass is 722 g/mol. The lowest BCUT2D eigenvalue weighted by atomic mass is 9.32. The number of amides is 2. The van der Waals surface area contributed by atoms with Crippen LogP contribution in [0.15, 0.2) is 66.8 Å². The molecule has 0 aliphatic heterocycles. The van der Waals surface area contributed by atoms with Gasteiger partial charge < -0.3 is 25.6 Å². The molecule has 0 heterocycles. The van der Waals surface area contributed by atoms with E-state index < -0.39 is 12.3 Å². The van der Waals surface area contributed by atoms with Crippen molar-refractivity contribution in [1.82, 2.24) is 5.32 Å². The first-order valence-electron chi connectivity index (χ1n) is 20.1. The van der Waals surface area contributed by atoms with Crippen LogP contribution in [0.5, 0.6) is 0 Å². The predicted molar refractivity (Wildman–Crippen MR) is 211 cm³/mol. The topological polar surface area (TPSA) is 108 Å². The molecule has 7 rings (SSSR count). The molecule has 2 amide bonds. The van der Waals surface area contributed by atoms with E-state index in [0.717, 1.165) is 25.7 Å². The van der Waals surface area contributed by atoms with Gasteiger partial charge in [0.25, 0.3) is 0 Å². The normalized spacial score (nSPS) is 36.9. The highest BCUT2D eigenvalue weighted by Crippen LogP contribution is 2.77. The summed E-state index contributed by atoms with van der Waals surface area (Å²) in [6.07, 6.45) is 11.7. The average Bonchev–Trinajstić information content (AvgIpc) is 3.51. The Kier molecular flexibility index (Phi) is 9.58. The van der Waals surface area contributed by atoms with Gasteiger partial charge in [-0.05, 0) is 157 Å². The standard InChI is InChI=1S/C46H62N2O5/c1-28(2)33-19-24-46(27-47-41(52)48-32-15-13-31(14-16-32)40(51)53-8)26-25-44(6)35(38(33)46)17-18-37-43(5)22-20-34(29-9-11-30(12-10-29)39(49)50)42(3,4)36(43)21-23-45(37,44)7/h9-16,20,33,35-39,49-50H,1,17-19,21-27H2,2-8H3,(H2,47,48,52). The van der Waals surface area contributed by atoms with E-state index in [0.29, 0.717) is 52.9 Å². The van der Waals surface area contributed by atoms with Crippen molar-refractivity contribution in [3.8, 4) is 0 Å². The molecular weight excluding hydrogens is 661 g/mol. The van der Waals surface area contributed by atoms with Gasteiger partial charge in [-0.1, -0.05) is 77.1 Å². The quantitative estimate of drug-likeness (QED) is 0.129. The van der Waals surface area contributed by atoms with Crippen LogP contribution in [-0.4, -0.2) is 35.9 Å². The number of methoxy groups -OCH3 is 1. The van der Waals surface area contributed by atoms with Crippen molar-refractivity contribution in [2.45, 2.75) is 106 Å². The molecule has 7 heteroatoms. The lowest BCUT2D eigenvalue weighted by Gasteiger charge is -2.72. The molecule has 5 aliphatic rings. The molecule has 2 aromatic rings. The molecule has 4 fully saturated rings. The molecule has 53 heavy (non-hydrogen) atoms. The van der Waals surface area contributed by atoms with Crippen molar-refractivity contribution >= 4 is 23.3 Å². The van der Waals surface area contributed by atoms with Crippen molar-refractivity contribution < 1.29 is 24.5 Å². The van der Waals surface area contributed by atoms with E-state index in [1.807, 2.05) is 12.1 Å². The maximum absolute atomic E-state index is 13.3. The highest BCUT2D eigenvalue weighted by molar-refractivity contribution is 5.92. The van der Waals surface area contributed by atoms with Gasteiger partial charge in [0, 0.05) is 17.8 Å². The number of allylic oxidation sites excluding steroid dienone is 3. The highest BCUT2D eigenvalue weighted by Gasteiger charge is 2.70. The zero-order chi connectivity index (χ0) is 38.1. The number of benzene rings is 2. The number of anilines is 1. The van der Waals surface area contributed by atoms with E-state index in [4.69, 9.17) is 4.74 Å². The molecule has 286 valence electrons. The lowest BCUT2D eigenvalue weighted by molar-refractivity contribution is -0.224. The Labute approximate surface area is 317 Å². The van der Waals surface area contributed by atoms with Crippen molar-refractivity contribution in [2.24, 2.45) is 56.7 Å². The number of aliphatic hydroxyl groups excluding tert-OH is 1. The van der Waals surface area contributed by atoms with Crippen LogP contribution < -0.4 is 10.6 Å². The van der Waals surface area contributed by atoms with Crippen LogP contribution in [0, 0.1) is 56.7 Å². The highest BCUT2D eigenvalue weighted by atomic mass is 16.5. The molecule has 5 aliphatic carbocycles. The van der Waals surface area contributed by atoms with Crippen LogP contribution in [0.3, 0.4) is 0 Å². The van der Waals surface area contributed by atoms with E-state index in [2.05, 4.69) is 77.0 Å². The van der Waals surface area contributed by atoms with Crippen molar-refractivity contribution in [3.63, 3.8) is 0 Å². The maximum Gasteiger partial charge on any atom is 0.337 e. The first kappa shape index (κ1) is 37.9. The number of hydrogen-bond acceptors (Lipinski definition) is 5. The van der Waals surface area contributed by atoms with Crippen LogP contribution in [0.4, 0.5) is 10.5 Å². The fourth-order valence-corrected chi connectivity index (χ4v) is 13.8. The third kappa shape index (κ3) is 5.91. The number of ether oxygens (including phenoxy) is 1. The number of rotatable bonds is 7. The molecule has 7 nitrogen and oxygen atoms in total. The number of hydrogen-bond donors (Lipinski definition) is 4. The average molecular weight is 723 g/mol. The van der Waals surface area contributed by atoms with Crippen molar-refractivity contribution in [1.29, 1.82) is 0 Å². The molecule has 2 aromatic carbocycles. The Hall–Kier alpha value is -3.42. The maximum atomic E-state index is 13.3. The summed E-state index contributed by atoms with van der Waals surface area (Å²) in [6, 6.07) is 14.5. The number of nitrogens with one attached hydrogen (secondary N) is 2. The predicted octanol–water partition coefficient (Wildman–Crippen LogP) is 9.93. The lowest BCUT2D eigenvalue weighted by Crippen LogP contribution is -2.66. The van der Waals surface area contributed by atoms with Crippen LogP contribution >= 0.6 is 0 Å². The number of aliphatic hydroxyl groups is 2. The van der Waals surface area contributed by atoms with Gasteiger partial charge in [-0.3, -0.25) is 0 Å². The van der Waals surface area contributed by atoms with Gasteiger partial charge in [-0.15, -0.1) is 0 Å². The van der Waals surface area contributed by atoms with Crippen LogP contribution in [0.2, 0.25) is 0 Å². The summed E-state index contributed by atoms with van der Waals surface area (Å²) >= 11 is 0. The molecule has 4 N–H and O–H groups in total. The van der Waals surface area contributed by atoms with Crippen LogP contribution in [0.25, 0.3) is 5.57 Å². The fourth-order valence-electron chi connectivity index (χ4n) is 13.8. The minimum absolute atomic E-state index is 0.000714. The van der Waals surface area contributed by atoms with E-state index in [9.17, 15) is 19.8 Å². The zero-order valence-electron chi connectivity index (χ0n) is 33.1. The number of fused-ring (bicyclic) bond motifs is 7. The molecule has 0 spiro atoms. The largest absolute Gasteiger partial charge is 0.465 e. The van der Waals surface area contributed by atoms with Gasteiger partial charge in [-0.25, -0.2) is 9.59 Å². The van der Waals surface area contributed by atoms with Gasteiger partial charge in [-0.2, -0.15) is 0 Å². The van der Waals surface area contributed by atoms with E-state index in [-0.39, 0.29) is 33.1 Å². The third-order valence-corrected chi connectivity index (χ3v) is 16.5. The molecule has 0 saturated heterocycles. The summed E-state index contributed by atoms with van der Waals surface area (Å²) in [5.41, 5.74) is 6.19. The smallest absolute Gasteiger partial charge is 0.337 e. The van der Waals surface area contributed by atoms with Gasteiger partial charge in [0.15, 0.2) is 6.29 Å². The van der Waals surface area contributed by atoms with Crippen LogP contribution in [0.1, 0.15) is 127 Å². The molecular formula is C46H62N2O5. The van der Waals surface area contributed by atoms with E-state index in [1.54, 1.807) is 24.3 Å². The Balaban J connectivity index is 1.13. The van der Waals surface area contributed by atoms with Crippen molar-refractivity contribution in [3.05, 3.63) is 83.4 Å². The Morgan fingerprint density at radius 1 is 0.868 bits per heavy atom. The molecule has 0 aromatic heterocycles.